The zero-order valence-electron chi connectivity index (χ0n) is 13.0. The summed E-state index contributed by atoms with van der Waals surface area (Å²) in [6.45, 7) is 5.07. The van der Waals surface area contributed by atoms with Crippen LogP contribution in [0.4, 0.5) is 0 Å². The van der Waals surface area contributed by atoms with Gasteiger partial charge in [-0.2, -0.15) is 0 Å². The Bertz CT molecular complexity index is 547. The molecule has 2 rings (SSSR count). The van der Waals surface area contributed by atoms with Gasteiger partial charge in [-0.05, 0) is 31.7 Å². The number of hydrogen-bond donors (Lipinski definition) is 1. The lowest BCUT2D eigenvalue weighted by molar-refractivity contribution is 0.205. The van der Waals surface area contributed by atoms with E-state index in [1.807, 2.05) is 32.0 Å². The van der Waals surface area contributed by atoms with Crippen molar-refractivity contribution in [3.05, 3.63) is 35.9 Å². The van der Waals surface area contributed by atoms with Crippen molar-refractivity contribution in [3.63, 3.8) is 0 Å². The highest BCUT2D eigenvalue weighted by atomic mass is 32.2. The lowest BCUT2D eigenvalue weighted by Crippen LogP contribution is -2.52. The third-order valence-electron chi connectivity index (χ3n) is 4.69. The molecule has 1 aromatic rings. The highest BCUT2D eigenvalue weighted by Gasteiger charge is 2.41. The molecule has 5 heteroatoms. The van der Waals surface area contributed by atoms with E-state index in [-0.39, 0.29) is 17.2 Å². The Morgan fingerprint density at radius 3 is 2.29 bits per heavy atom. The predicted molar refractivity (Wildman–Crippen MR) is 86.7 cm³/mol. The van der Waals surface area contributed by atoms with Gasteiger partial charge in [-0.15, -0.1) is 0 Å². The van der Waals surface area contributed by atoms with Gasteiger partial charge in [0.05, 0.1) is 5.75 Å². The molecule has 0 amide bonds. The van der Waals surface area contributed by atoms with E-state index < -0.39 is 10.0 Å². The Morgan fingerprint density at radius 1 is 1.24 bits per heavy atom. The predicted octanol–water partition coefficient (Wildman–Crippen LogP) is 2.11. The zero-order valence-corrected chi connectivity index (χ0v) is 13.8. The van der Waals surface area contributed by atoms with Crippen LogP contribution in [0.15, 0.2) is 30.3 Å². The average molecular weight is 310 g/mol. The molecule has 0 bridgehead atoms. The molecule has 21 heavy (non-hydrogen) atoms. The van der Waals surface area contributed by atoms with E-state index in [4.69, 9.17) is 5.73 Å². The molecule has 1 atom stereocenters. The number of benzene rings is 1. The molecule has 1 fully saturated rings. The zero-order chi connectivity index (χ0) is 15.5. The van der Waals surface area contributed by atoms with Crippen molar-refractivity contribution >= 4 is 10.0 Å². The van der Waals surface area contributed by atoms with Gasteiger partial charge in [0.15, 0.2) is 0 Å². The number of sulfonamides is 1. The number of nitrogens with zero attached hydrogens (tertiary/aromatic N) is 1. The quantitative estimate of drug-likeness (QED) is 0.906. The molecule has 1 aromatic carbocycles. The Kier molecular flexibility index (Phi) is 5.07. The Hall–Kier alpha value is -0.910. The third kappa shape index (κ3) is 3.30. The summed E-state index contributed by atoms with van der Waals surface area (Å²) in [6.07, 6.45) is 2.24. The Labute approximate surface area is 128 Å². The molecule has 0 aliphatic carbocycles. The fourth-order valence-electron chi connectivity index (χ4n) is 3.33. The highest BCUT2D eigenvalue weighted by molar-refractivity contribution is 7.89. The molecule has 2 N–H and O–H groups in total. The van der Waals surface area contributed by atoms with Crippen molar-refractivity contribution in [2.24, 2.45) is 5.73 Å². The van der Waals surface area contributed by atoms with E-state index in [2.05, 4.69) is 12.1 Å². The number of hydrogen-bond acceptors (Lipinski definition) is 3. The van der Waals surface area contributed by atoms with Crippen molar-refractivity contribution in [1.29, 1.82) is 0 Å². The van der Waals surface area contributed by atoms with Gasteiger partial charge < -0.3 is 5.73 Å². The number of nitrogens with two attached hydrogens (primary N) is 1. The largest absolute Gasteiger partial charge is 0.327 e. The van der Waals surface area contributed by atoms with E-state index in [0.29, 0.717) is 19.5 Å². The second-order valence-electron chi connectivity index (χ2n) is 6.03. The van der Waals surface area contributed by atoms with Crippen LogP contribution in [0.1, 0.15) is 38.7 Å². The van der Waals surface area contributed by atoms with Crippen LogP contribution in [-0.4, -0.2) is 37.6 Å². The first-order chi connectivity index (χ1) is 9.92. The van der Waals surface area contributed by atoms with Crippen molar-refractivity contribution in [2.75, 3.05) is 18.8 Å². The lowest BCUT2D eigenvalue weighted by Gasteiger charge is -2.44. The molecule has 1 heterocycles. The van der Waals surface area contributed by atoms with Gasteiger partial charge in [-0.25, -0.2) is 12.7 Å². The second kappa shape index (κ2) is 6.46. The van der Waals surface area contributed by atoms with Gasteiger partial charge in [0.2, 0.25) is 10.0 Å². The first-order valence-corrected chi connectivity index (χ1v) is 9.32. The van der Waals surface area contributed by atoms with Gasteiger partial charge in [0.1, 0.15) is 0 Å². The van der Waals surface area contributed by atoms with Crippen molar-refractivity contribution in [1.82, 2.24) is 4.31 Å². The molecule has 0 spiro atoms. The molecule has 118 valence electrons. The van der Waals surface area contributed by atoms with E-state index in [0.717, 1.165) is 12.8 Å². The Morgan fingerprint density at radius 2 is 1.81 bits per heavy atom. The van der Waals surface area contributed by atoms with Gasteiger partial charge in [0.25, 0.3) is 0 Å². The van der Waals surface area contributed by atoms with E-state index >= 15 is 0 Å². The fraction of sp³-hybridized carbons (Fsp3) is 0.625. The minimum Gasteiger partial charge on any atom is -0.327 e. The molecule has 0 aromatic heterocycles. The molecule has 0 radical (unpaired) electrons. The summed E-state index contributed by atoms with van der Waals surface area (Å²) in [5.74, 6) is 0.240. The molecule has 0 unspecified atom stereocenters. The van der Waals surface area contributed by atoms with Crippen LogP contribution >= 0.6 is 0 Å². The van der Waals surface area contributed by atoms with Crippen LogP contribution in [0.3, 0.4) is 0 Å². The highest BCUT2D eigenvalue weighted by Crippen LogP contribution is 2.38. The van der Waals surface area contributed by atoms with Crippen LogP contribution < -0.4 is 5.73 Å². The molecule has 1 saturated heterocycles. The van der Waals surface area contributed by atoms with Gasteiger partial charge >= 0.3 is 0 Å². The average Bonchev–Trinajstić information content (AvgIpc) is 2.48. The molecule has 0 saturated carbocycles. The van der Waals surface area contributed by atoms with Gasteiger partial charge in [-0.1, -0.05) is 37.3 Å². The maximum atomic E-state index is 12.2. The first-order valence-electron chi connectivity index (χ1n) is 7.71. The number of piperidine rings is 1. The first kappa shape index (κ1) is 16.5. The van der Waals surface area contributed by atoms with E-state index in [1.54, 1.807) is 4.31 Å². The van der Waals surface area contributed by atoms with E-state index in [1.165, 1.54) is 5.56 Å². The van der Waals surface area contributed by atoms with Gasteiger partial charge in [0, 0.05) is 24.5 Å². The van der Waals surface area contributed by atoms with Gasteiger partial charge in [-0.3, -0.25) is 0 Å². The van der Waals surface area contributed by atoms with Crippen LogP contribution in [0.25, 0.3) is 0 Å². The van der Waals surface area contributed by atoms with Crippen LogP contribution in [0.5, 0.6) is 0 Å². The van der Waals surface area contributed by atoms with Crippen LogP contribution in [0.2, 0.25) is 0 Å². The molecular formula is C16H26N2O2S. The minimum absolute atomic E-state index is 0.0101. The SMILES string of the molecule is CCCS(=O)(=O)N1CCC(c2ccccc2)([C@H](C)N)CC1. The van der Waals surface area contributed by atoms with Crippen molar-refractivity contribution in [2.45, 2.75) is 44.6 Å². The maximum Gasteiger partial charge on any atom is 0.214 e. The smallest absolute Gasteiger partial charge is 0.214 e. The fourth-order valence-corrected chi connectivity index (χ4v) is 4.84. The second-order valence-corrected chi connectivity index (χ2v) is 8.11. The summed E-state index contributed by atoms with van der Waals surface area (Å²) in [4.78, 5) is 0. The van der Waals surface area contributed by atoms with Crippen molar-refractivity contribution in [3.8, 4) is 0 Å². The number of rotatable bonds is 5. The summed E-state index contributed by atoms with van der Waals surface area (Å²) in [5, 5.41) is 0. The molecule has 1 aliphatic rings. The monoisotopic (exact) mass is 310 g/mol. The van der Waals surface area contributed by atoms with E-state index in [9.17, 15) is 8.42 Å². The molecule has 4 nitrogen and oxygen atoms in total. The summed E-state index contributed by atoms with van der Waals surface area (Å²) < 4.78 is 26.0. The topological polar surface area (TPSA) is 63.4 Å². The summed E-state index contributed by atoms with van der Waals surface area (Å²) in [7, 11) is -3.10. The lowest BCUT2D eigenvalue weighted by atomic mass is 9.69. The summed E-state index contributed by atoms with van der Waals surface area (Å²) in [5.41, 5.74) is 7.40. The molecule has 1 aliphatic heterocycles. The molecular weight excluding hydrogens is 284 g/mol. The van der Waals surface area contributed by atoms with Crippen LogP contribution in [0, 0.1) is 0 Å². The maximum absolute atomic E-state index is 12.2. The Balaban J connectivity index is 2.20. The minimum atomic E-state index is -3.10. The summed E-state index contributed by atoms with van der Waals surface area (Å²) >= 11 is 0. The normalized spacial score (nSPS) is 21.1. The summed E-state index contributed by atoms with van der Waals surface area (Å²) in [6, 6.07) is 10.3. The van der Waals surface area contributed by atoms with Crippen molar-refractivity contribution < 1.29 is 8.42 Å². The standard InChI is InChI=1S/C16H26N2O2S/c1-3-13-21(19,20)18-11-9-16(10-12-18,14(2)17)15-7-5-4-6-8-15/h4-8,14H,3,9-13,17H2,1-2H3/t14-/m0/s1. The van der Waals surface area contributed by atoms with Crippen LogP contribution in [-0.2, 0) is 15.4 Å². The third-order valence-corrected chi connectivity index (χ3v) is 6.77.